The number of hydrogen-bond donors (Lipinski definition) is 1. The van der Waals surface area contributed by atoms with Gasteiger partial charge in [0.05, 0.1) is 25.8 Å². The van der Waals surface area contributed by atoms with Crippen molar-refractivity contribution in [3.8, 4) is 0 Å². The van der Waals surface area contributed by atoms with Gasteiger partial charge in [0.1, 0.15) is 0 Å². The molecular weight excluding hydrogens is 461 g/mol. The van der Waals surface area contributed by atoms with Gasteiger partial charge in [-0.25, -0.2) is 0 Å². The molecule has 1 saturated heterocycles. The van der Waals surface area contributed by atoms with Gasteiger partial charge in [0.25, 0.3) is 0 Å². The minimum absolute atomic E-state index is 0.150. The van der Waals surface area contributed by atoms with Crippen LogP contribution in [0, 0.1) is 17.3 Å². The molecule has 0 spiro atoms. The summed E-state index contributed by atoms with van der Waals surface area (Å²) < 4.78 is 18.1. The summed E-state index contributed by atoms with van der Waals surface area (Å²) in [5.41, 5.74) is 0.159. The monoisotopic (exact) mass is 496 g/mol. The number of aliphatic hydroxyl groups is 1. The molecule has 0 aromatic carbocycles. The first kappa shape index (κ1) is 25.1. The molecule has 26 heavy (non-hydrogen) atoms. The van der Waals surface area contributed by atoms with Crippen LogP contribution in [0.25, 0.3) is 0 Å². The Morgan fingerprint density at radius 2 is 2.04 bits per heavy atom. The predicted molar refractivity (Wildman–Crippen MR) is 131 cm³/mol. The molecule has 0 aromatic rings. The summed E-state index contributed by atoms with van der Waals surface area (Å²) >= 11 is 0. The second-order valence-corrected chi connectivity index (χ2v) is 25.6. The molecule has 0 bridgehead atoms. The SMILES string of the molecule is CCC(C)(C)C(CCC1C(OP)CC2OC(O)CC21)OP(PP)P(P)P. The Morgan fingerprint density at radius 3 is 2.58 bits per heavy atom. The highest BCUT2D eigenvalue weighted by atomic mass is 32.9. The number of ether oxygens (including phenoxy) is 1. The molecule has 11 heteroatoms. The van der Waals surface area contributed by atoms with E-state index in [1.165, 1.54) is 0 Å². The van der Waals surface area contributed by atoms with Crippen LogP contribution >= 0.6 is 58.7 Å². The molecule has 1 aliphatic heterocycles. The zero-order valence-corrected chi connectivity index (χ0v) is 23.3. The summed E-state index contributed by atoms with van der Waals surface area (Å²) in [4.78, 5) is 0. The molecule has 12 atom stereocenters. The molecular formula is C15H35O4P7. The molecule has 1 saturated carbocycles. The summed E-state index contributed by atoms with van der Waals surface area (Å²) in [5.74, 6) is 0.846. The molecule has 12 unspecified atom stereocenters. The van der Waals surface area contributed by atoms with Gasteiger partial charge in [-0.15, -0.1) is 26.8 Å². The van der Waals surface area contributed by atoms with Crippen molar-refractivity contribution >= 4 is 58.7 Å². The van der Waals surface area contributed by atoms with Crippen molar-refractivity contribution in [3.05, 3.63) is 0 Å². The number of hydrogen-bond acceptors (Lipinski definition) is 4. The lowest BCUT2D eigenvalue weighted by molar-refractivity contribution is -0.0939. The average Bonchev–Trinajstić information content (AvgIpc) is 3.10. The summed E-state index contributed by atoms with van der Waals surface area (Å²) in [6, 6.07) is 0. The first-order chi connectivity index (χ1) is 12.2. The average molecular weight is 496 g/mol. The van der Waals surface area contributed by atoms with Crippen molar-refractivity contribution in [2.75, 3.05) is 0 Å². The molecule has 154 valence electrons. The maximum absolute atomic E-state index is 9.87. The smallest absolute Gasteiger partial charge is 0.155 e. The lowest BCUT2D eigenvalue weighted by Crippen LogP contribution is -2.32. The number of rotatable bonds is 10. The molecule has 2 aliphatic rings. The van der Waals surface area contributed by atoms with Crippen molar-refractivity contribution in [2.45, 2.75) is 77.5 Å². The largest absolute Gasteiger partial charge is 0.368 e. The minimum Gasteiger partial charge on any atom is -0.368 e. The standard InChI is InChI=1S/C15H35O4P7/c1-4-15(2,3)13(19-25(24-21)26(22)23)6-5-9-10-7-14(16)17-11(10)8-12(9)18-20/h9-14,16,24H,4-8,20-23H2,1-3H3. The topological polar surface area (TPSA) is 47.9 Å². The van der Waals surface area contributed by atoms with Crippen LogP contribution in [0.3, 0.4) is 0 Å². The van der Waals surface area contributed by atoms with E-state index >= 15 is 0 Å². The first-order valence-electron chi connectivity index (χ1n) is 9.15. The van der Waals surface area contributed by atoms with Crippen LogP contribution in [0.5, 0.6) is 0 Å². The second-order valence-electron chi connectivity index (χ2n) is 7.90. The molecule has 0 aromatic heterocycles. The summed E-state index contributed by atoms with van der Waals surface area (Å²) in [5, 5.41) is 9.87. The van der Waals surface area contributed by atoms with E-state index in [4.69, 9.17) is 13.8 Å². The summed E-state index contributed by atoms with van der Waals surface area (Å²) in [7, 11) is 11.6. The Balaban J connectivity index is 2.05. The van der Waals surface area contributed by atoms with Gasteiger partial charge < -0.3 is 18.9 Å². The van der Waals surface area contributed by atoms with Crippen molar-refractivity contribution in [1.82, 2.24) is 0 Å². The van der Waals surface area contributed by atoms with Crippen LogP contribution in [0.4, 0.5) is 0 Å². The van der Waals surface area contributed by atoms with E-state index < -0.39 is 13.8 Å². The molecule has 4 nitrogen and oxygen atoms in total. The van der Waals surface area contributed by atoms with Gasteiger partial charge in [0.15, 0.2) is 6.29 Å². The zero-order chi connectivity index (χ0) is 19.5. The molecule has 0 amide bonds. The van der Waals surface area contributed by atoms with Gasteiger partial charge in [0.2, 0.25) is 0 Å². The number of aliphatic hydroxyl groups excluding tert-OH is 1. The highest BCUT2D eigenvalue weighted by Gasteiger charge is 2.49. The molecule has 1 heterocycles. The highest BCUT2D eigenvalue weighted by Crippen LogP contribution is 2.89. The van der Waals surface area contributed by atoms with E-state index in [-0.39, 0.29) is 30.7 Å². The zero-order valence-electron chi connectivity index (χ0n) is 15.9. The highest BCUT2D eigenvalue weighted by molar-refractivity contribution is 8.86. The lowest BCUT2D eigenvalue weighted by Gasteiger charge is -2.37. The van der Waals surface area contributed by atoms with E-state index in [9.17, 15) is 5.11 Å². The minimum atomic E-state index is -0.596. The van der Waals surface area contributed by atoms with Crippen molar-refractivity contribution < 1.29 is 18.9 Å². The molecule has 1 aliphatic carbocycles. The van der Waals surface area contributed by atoms with Crippen LogP contribution in [0.2, 0.25) is 0 Å². The predicted octanol–water partition coefficient (Wildman–Crippen LogP) is 6.26. The molecule has 2 rings (SSSR count). The molecule has 2 fully saturated rings. The van der Waals surface area contributed by atoms with E-state index in [1.807, 2.05) is 0 Å². The third-order valence-corrected chi connectivity index (χ3v) is 25.1. The van der Waals surface area contributed by atoms with Crippen LogP contribution in [-0.2, 0) is 13.8 Å². The van der Waals surface area contributed by atoms with Crippen molar-refractivity contribution in [3.63, 3.8) is 0 Å². The van der Waals surface area contributed by atoms with Crippen LogP contribution in [-0.4, -0.2) is 29.7 Å². The van der Waals surface area contributed by atoms with E-state index in [0.29, 0.717) is 11.8 Å². The Kier molecular flexibility index (Phi) is 11.1. The van der Waals surface area contributed by atoms with Gasteiger partial charge in [-0.1, -0.05) is 20.8 Å². The van der Waals surface area contributed by atoms with Crippen molar-refractivity contribution in [1.29, 1.82) is 0 Å². The van der Waals surface area contributed by atoms with Crippen LogP contribution < -0.4 is 0 Å². The normalized spacial score (nSPS) is 34.7. The Bertz CT molecular complexity index is 442. The van der Waals surface area contributed by atoms with Gasteiger partial charge in [0, 0.05) is 22.3 Å². The third kappa shape index (κ3) is 6.42. The fourth-order valence-electron chi connectivity index (χ4n) is 4.09. The summed E-state index contributed by atoms with van der Waals surface area (Å²) in [6.45, 7) is 6.70. The number of fused-ring (bicyclic) bond motifs is 1. The Labute approximate surface area is 172 Å². The van der Waals surface area contributed by atoms with Crippen molar-refractivity contribution in [2.24, 2.45) is 17.3 Å². The molecule has 0 radical (unpaired) electrons. The van der Waals surface area contributed by atoms with E-state index in [0.717, 1.165) is 40.1 Å². The van der Waals surface area contributed by atoms with Crippen LogP contribution in [0.1, 0.15) is 52.9 Å². The Hall–Kier alpha value is 2.85. The fraction of sp³-hybridized carbons (Fsp3) is 1.00. The third-order valence-electron chi connectivity index (χ3n) is 6.04. The quantitative estimate of drug-likeness (QED) is 0.363. The summed E-state index contributed by atoms with van der Waals surface area (Å²) in [6.07, 6.45) is 4.87. The van der Waals surface area contributed by atoms with E-state index in [1.54, 1.807) is 0 Å². The maximum Gasteiger partial charge on any atom is 0.155 e. The lowest BCUT2D eigenvalue weighted by atomic mass is 9.79. The van der Waals surface area contributed by atoms with Gasteiger partial charge >= 0.3 is 0 Å². The Morgan fingerprint density at radius 1 is 1.35 bits per heavy atom. The maximum atomic E-state index is 9.87. The van der Waals surface area contributed by atoms with Gasteiger partial charge in [-0.3, -0.25) is 0 Å². The van der Waals surface area contributed by atoms with E-state index in [2.05, 4.69) is 57.0 Å². The second kappa shape index (κ2) is 11.5. The molecule has 1 N–H and O–H groups in total. The van der Waals surface area contributed by atoms with Gasteiger partial charge in [-0.2, -0.15) is 0 Å². The first-order valence-corrected chi connectivity index (χ1v) is 19.8. The van der Waals surface area contributed by atoms with Gasteiger partial charge in [-0.05, 0) is 51.5 Å². The van der Waals surface area contributed by atoms with Crippen LogP contribution in [0.15, 0.2) is 0 Å². The fourth-order valence-corrected chi connectivity index (χ4v) is 24.1.